The third kappa shape index (κ3) is 3.18. The third-order valence-electron chi connectivity index (χ3n) is 4.75. The monoisotopic (exact) mass is 349 g/mol. The van der Waals surface area contributed by atoms with E-state index < -0.39 is 0 Å². The molecule has 6 nitrogen and oxygen atoms in total. The van der Waals surface area contributed by atoms with Gasteiger partial charge in [0.25, 0.3) is 11.1 Å². The van der Waals surface area contributed by atoms with Crippen LogP contribution in [0.2, 0.25) is 0 Å². The van der Waals surface area contributed by atoms with E-state index in [-0.39, 0.29) is 29.6 Å². The number of rotatable bonds is 5. The Morgan fingerprint density at radius 3 is 2.38 bits per heavy atom. The zero-order valence-corrected chi connectivity index (χ0v) is 14.1. The quantitative estimate of drug-likeness (QED) is 0.738. The Labute approximate surface area is 149 Å². The number of amides is 1. The van der Waals surface area contributed by atoms with E-state index in [0.717, 1.165) is 23.1 Å². The molecule has 1 unspecified atom stereocenters. The number of nitrogens with one attached hydrogen (secondary N) is 2. The van der Waals surface area contributed by atoms with Gasteiger partial charge in [0, 0.05) is 0 Å². The summed E-state index contributed by atoms with van der Waals surface area (Å²) in [5, 5.41) is 6.15. The topological polar surface area (TPSA) is 84.0 Å². The maximum Gasteiger partial charge on any atom is 0.273 e. The van der Waals surface area contributed by atoms with Crippen LogP contribution < -0.4 is 16.4 Å². The van der Waals surface area contributed by atoms with Crippen molar-refractivity contribution in [2.45, 2.75) is 25.4 Å². The Hall–Kier alpha value is -3.15. The summed E-state index contributed by atoms with van der Waals surface area (Å²) in [4.78, 5) is 37.2. The first-order chi connectivity index (χ1) is 12.6. The van der Waals surface area contributed by atoms with E-state index in [0.29, 0.717) is 16.7 Å². The summed E-state index contributed by atoms with van der Waals surface area (Å²) < 4.78 is 1.08. The van der Waals surface area contributed by atoms with Gasteiger partial charge in [0.05, 0.1) is 16.8 Å². The van der Waals surface area contributed by atoms with Crippen molar-refractivity contribution in [3.05, 3.63) is 80.9 Å². The number of aromatic amines is 1. The van der Waals surface area contributed by atoms with Crippen molar-refractivity contribution in [3.8, 4) is 0 Å². The predicted octanol–water partition coefficient (Wildman–Crippen LogP) is 1.96. The van der Waals surface area contributed by atoms with Crippen LogP contribution in [0.4, 0.5) is 0 Å². The summed E-state index contributed by atoms with van der Waals surface area (Å²) in [7, 11) is 0. The van der Waals surface area contributed by atoms with Crippen LogP contribution in [-0.4, -0.2) is 15.7 Å². The van der Waals surface area contributed by atoms with Crippen LogP contribution >= 0.6 is 0 Å². The normalized spacial score (nSPS) is 14.9. The number of benzene rings is 2. The van der Waals surface area contributed by atoms with E-state index in [1.807, 2.05) is 30.3 Å². The molecular formula is C20H19N3O3. The fraction of sp³-hybridized carbons (Fsp3) is 0.250. The van der Waals surface area contributed by atoms with Crippen LogP contribution in [0.5, 0.6) is 0 Å². The Balaban J connectivity index is 1.58. The number of carbonyl (C=O) groups excluding carboxylic acids is 1. The maximum absolute atomic E-state index is 12.5. The zero-order chi connectivity index (χ0) is 18.1. The zero-order valence-electron chi connectivity index (χ0n) is 14.1. The van der Waals surface area contributed by atoms with Crippen LogP contribution in [0, 0.1) is 5.92 Å². The Bertz CT molecular complexity index is 1060. The van der Waals surface area contributed by atoms with Gasteiger partial charge in [0.1, 0.15) is 6.54 Å². The van der Waals surface area contributed by atoms with Gasteiger partial charge in [-0.05, 0) is 36.5 Å². The lowest BCUT2D eigenvalue weighted by molar-refractivity contribution is -0.122. The minimum atomic E-state index is -0.380. The molecule has 6 heteroatoms. The molecular weight excluding hydrogens is 330 g/mol. The number of hydrogen-bond donors (Lipinski definition) is 2. The first kappa shape index (κ1) is 16.3. The van der Waals surface area contributed by atoms with Gasteiger partial charge in [-0.1, -0.05) is 42.5 Å². The molecule has 1 aliphatic carbocycles. The molecule has 0 bridgehead atoms. The molecule has 2 aromatic carbocycles. The fourth-order valence-electron chi connectivity index (χ4n) is 3.28. The SMILES string of the molecule is O=C(Cn1[nH]c(=O)c2ccccc2c1=O)NC(c1ccccc1)C1CC1. The van der Waals surface area contributed by atoms with Crippen molar-refractivity contribution in [2.75, 3.05) is 0 Å². The van der Waals surface area contributed by atoms with Gasteiger partial charge in [0.2, 0.25) is 5.91 Å². The van der Waals surface area contributed by atoms with E-state index in [1.165, 1.54) is 0 Å². The molecule has 1 aliphatic rings. The molecule has 3 aromatic rings. The third-order valence-corrected chi connectivity index (χ3v) is 4.75. The van der Waals surface area contributed by atoms with Gasteiger partial charge in [0.15, 0.2) is 0 Å². The molecule has 4 rings (SSSR count). The fourth-order valence-corrected chi connectivity index (χ4v) is 3.28. The second kappa shape index (κ2) is 6.63. The maximum atomic E-state index is 12.5. The number of hydrogen-bond acceptors (Lipinski definition) is 3. The lowest BCUT2D eigenvalue weighted by Crippen LogP contribution is -2.38. The van der Waals surface area contributed by atoms with Gasteiger partial charge in [-0.3, -0.25) is 19.5 Å². The smallest absolute Gasteiger partial charge is 0.273 e. The lowest BCUT2D eigenvalue weighted by Gasteiger charge is -2.19. The van der Waals surface area contributed by atoms with E-state index in [1.54, 1.807) is 24.3 Å². The van der Waals surface area contributed by atoms with Crippen molar-refractivity contribution in [3.63, 3.8) is 0 Å². The number of fused-ring (bicyclic) bond motifs is 1. The highest BCUT2D eigenvalue weighted by Gasteiger charge is 2.33. The number of aromatic nitrogens is 2. The average molecular weight is 349 g/mol. The van der Waals surface area contributed by atoms with Gasteiger partial charge in [-0.25, -0.2) is 4.68 Å². The van der Waals surface area contributed by atoms with Crippen LogP contribution in [0.3, 0.4) is 0 Å². The minimum Gasteiger partial charge on any atom is -0.347 e. The van der Waals surface area contributed by atoms with Crippen LogP contribution in [0.25, 0.3) is 10.8 Å². The molecule has 2 N–H and O–H groups in total. The summed E-state index contributed by atoms with van der Waals surface area (Å²) in [6, 6.07) is 16.4. The molecule has 26 heavy (non-hydrogen) atoms. The molecule has 132 valence electrons. The summed E-state index contributed by atoms with van der Waals surface area (Å²) in [6.45, 7) is -0.213. The molecule has 1 saturated carbocycles. The Morgan fingerprint density at radius 2 is 1.69 bits per heavy atom. The van der Waals surface area contributed by atoms with E-state index >= 15 is 0 Å². The van der Waals surface area contributed by atoms with Gasteiger partial charge < -0.3 is 5.32 Å². The van der Waals surface area contributed by atoms with E-state index in [4.69, 9.17) is 0 Å². The van der Waals surface area contributed by atoms with Crippen molar-refractivity contribution in [2.24, 2.45) is 5.92 Å². The summed E-state index contributed by atoms with van der Waals surface area (Å²) in [5.41, 5.74) is 0.301. The summed E-state index contributed by atoms with van der Waals surface area (Å²) in [6.07, 6.45) is 2.15. The van der Waals surface area contributed by atoms with Gasteiger partial charge >= 0.3 is 0 Å². The lowest BCUT2D eigenvalue weighted by atomic mass is 10.0. The first-order valence-electron chi connectivity index (χ1n) is 8.69. The molecule has 1 aromatic heterocycles. The standard InChI is InChI=1S/C20H19N3O3/c24-17(21-18(14-10-11-14)13-6-2-1-3-7-13)12-23-20(26)16-9-5-4-8-15(16)19(25)22-23/h1-9,14,18H,10-12H2,(H,21,24)(H,22,25). The summed E-state index contributed by atoms with van der Waals surface area (Å²) >= 11 is 0. The predicted molar refractivity (Wildman–Crippen MR) is 98.9 cm³/mol. The molecule has 1 atom stereocenters. The second-order valence-electron chi connectivity index (χ2n) is 6.67. The Kier molecular flexibility index (Phi) is 4.16. The van der Waals surface area contributed by atoms with Crippen molar-refractivity contribution in [1.29, 1.82) is 0 Å². The largest absolute Gasteiger partial charge is 0.347 e. The number of H-pyrrole nitrogens is 1. The van der Waals surface area contributed by atoms with Gasteiger partial charge in [-0.15, -0.1) is 0 Å². The molecule has 0 radical (unpaired) electrons. The molecule has 1 fully saturated rings. The van der Waals surface area contributed by atoms with Gasteiger partial charge in [-0.2, -0.15) is 0 Å². The minimum absolute atomic E-state index is 0.0634. The average Bonchev–Trinajstić information content (AvgIpc) is 3.50. The van der Waals surface area contributed by atoms with Crippen molar-refractivity contribution < 1.29 is 4.79 Å². The van der Waals surface area contributed by atoms with E-state index in [2.05, 4.69) is 10.4 Å². The molecule has 0 saturated heterocycles. The highest BCUT2D eigenvalue weighted by atomic mass is 16.2. The number of nitrogens with zero attached hydrogens (tertiary/aromatic N) is 1. The highest BCUT2D eigenvalue weighted by molar-refractivity contribution is 5.81. The molecule has 0 spiro atoms. The van der Waals surface area contributed by atoms with E-state index in [9.17, 15) is 14.4 Å². The summed E-state index contributed by atoms with van der Waals surface area (Å²) in [5.74, 6) is 0.132. The Morgan fingerprint density at radius 1 is 1.04 bits per heavy atom. The van der Waals surface area contributed by atoms with Crippen LogP contribution in [0.15, 0.2) is 64.2 Å². The highest BCUT2D eigenvalue weighted by Crippen LogP contribution is 2.40. The molecule has 1 amide bonds. The van der Waals surface area contributed by atoms with Crippen molar-refractivity contribution in [1.82, 2.24) is 15.1 Å². The first-order valence-corrected chi connectivity index (χ1v) is 8.69. The number of carbonyl (C=O) groups is 1. The molecule has 0 aliphatic heterocycles. The second-order valence-corrected chi connectivity index (χ2v) is 6.67. The van der Waals surface area contributed by atoms with Crippen LogP contribution in [0.1, 0.15) is 24.4 Å². The molecule has 1 heterocycles. The van der Waals surface area contributed by atoms with Crippen molar-refractivity contribution >= 4 is 16.7 Å². The van der Waals surface area contributed by atoms with Crippen LogP contribution in [-0.2, 0) is 11.3 Å².